The summed E-state index contributed by atoms with van der Waals surface area (Å²) in [5, 5.41) is 19.2. The summed E-state index contributed by atoms with van der Waals surface area (Å²) in [5.41, 5.74) is 2.26. The van der Waals surface area contributed by atoms with E-state index < -0.39 is 0 Å². The standard InChI is InChI=1S/C13H17N3O/c1-10(16-12-8-14-15-9-12)2-3-11-4-6-13(17)7-5-11/h4-10,16-17H,2-3H2,1H3,(H,14,15). The third kappa shape index (κ3) is 3.52. The molecule has 1 unspecified atom stereocenters. The molecule has 1 atom stereocenters. The van der Waals surface area contributed by atoms with Gasteiger partial charge in [0.05, 0.1) is 11.9 Å². The van der Waals surface area contributed by atoms with E-state index in [1.807, 2.05) is 18.3 Å². The minimum absolute atomic E-state index is 0.318. The van der Waals surface area contributed by atoms with E-state index in [2.05, 4.69) is 22.4 Å². The van der Waals surface area contributed by atoms with Crippen LogP contribution in [0.25, 0.3) is 0 Å². The summed E-state index contributed by atoms with van der Waals surface area (Å²) < 4.78 is 0. The van der Waals surface area contributed by atoms with Crippen LogP contribution in [0.3, 0.4) is 0 Å². The molecule has 2 rings (SSSR count). The lowest BCUT2D eigenvalue weighted by molar-refractivity contribution is 0.475. The molecule has 4 nitrogen and oxygen atoms in total. The van der Waals surface area contributed by atoms with Crippen molar-refractivity contribution in [3.05, 3.63) is 42.2 Å². The molecule has 0 aliphatic heterocycles. The topological polar surface area (TPSA) is 60.9 Å². The molecule has 1 heterocycles. The van der Waals surface area contributed by atoms with Gasteiger partial charge in [-0.3, -0.25) is 5.10 Å². The van der Waals surface area contributed by atoms with Crippen molar-refractivity contribution in [3.63, 3.8) is 0 Å². The summed E-state index contributed by atoms with van der Waals surface area (Å²) >= 11 is 0. The molecule has 0 aliphatic carbocycles. The zero-order valence-electron chi connectivity index (χ0n) is 9.85. The number of hydrogen-bond acceptors (Lipinski definition) is 3. The van der Waals surface area contributed by atoms with E-state index in [4.69, 9.17) is 0 Å². The van der Waals surface area contributed by atoms with Crippen LogP contribution >= 0.6 is 0 Å². The van der Waals surface area contributed by atoms with E-state index in [-0.39, 0.29) is 0 Å². The lowest BCUT2D eigenvalue weighted by atomic mass is 10.1. The molecule has 0 amide bonds. The number of aromatic hydroxyl groups is 1. The van der Waals surface area contributed by atoms with Crippen molar-refractivity contribution in [1.82, 2.24) is 10.2 Å². The molecule has 0 bridgehead atoms. The molecule has 4 heteroatoms. The Morgan fingerprint density at radius 3 is 2.76 bits per heavy atom. The van der Waals surface area contributed by atoms with Crippen LogP contribution in [0.1, 0.15) is 18.9 Å². The molecule has 17 heavy (non-hydrogen) atoms. The number of phenols is 1. The Labute approximate surface area is 101 Å². The number of aromatic nitrogens is 2. The van der Waals surface area contributed by atoms with Gasteiger partial charge in [-0.15, -0.1) is 0 Å². The van der Waals surface area contributed by atoms with Gasteiger partial charge in [-0.2, -0.15) is 5.10 Å². The van der Waals surface area contributed by atoms with Gasteiger partial charge in [0.25, 0.3) is 0 Å². The van der Waals surface area contributed by atoms with Gasteiger partial charge in [0.1, 0.15) is 5.75 Å². The van der Waals surface area contributed by atoms with Gasteiger partial charge < -0.3 is 10.4 Å². The van der Waals surface area contributed by atoms with Gasteiger partial charge in [-0.25, -0.2) is 0 Å². The van der Waals surface area contributed by atoms with Crippen molar-refractivity contribution in [1.29, 1.82) is 0 Å². The highest BCUT2D eigenvalue weighted by molar-refractivity contribution is 5.38. The van der Waals surface area contributed by atoms with Crippen LogP contribution in [0.2, 0.25) is 0 Å². The van der Waals surface area contributed by atoms with Gasteiger partial charge in [0, 0.05) is 12.2 Å². The van der Waals surface area contributed by atoms with Crippen molar-refractivity contribution in [2.45, 2.75) is 25.8 Å². The van der Waals surface area contributed by atoms with Gasteiger partial charge in [0.2, 0.25) is 0 Å². The Bertz CT molecular complexity index is 436. The largest absolute Gasteiger partial charge is 0.508 e. The predicted octanol–water partition coefficient (Wildman–Crippen LogP) is 2.55. The number of rotatable bonds is 5. The number of hydrogen-bond donors (Lipinski definition) is 3. The molecule has 1 aromatic carbocycles. The third-order valence-electron chi connectivity index (χ3n) is 2.71. The molecule has 1 aromatic heterocycles. The number of nitrogens with one attached hydrogen (secondary N) is 2. The highest BCUT2D eigenvalue weighted by atomic mass is 16.3. The number of phenolic OH excluding ortho intramolecular Hbond substituents is 1. The maximum atomic E-state index is 9.18. The normalized spacial score (nSPS) is 12.3. The van der Waals surface area contributed by atoms with Crippen LogP contribution in [-0.2, 0) is 6.42 Å². The summed E-state index contributed by atoms with van der Waals surface area (Å²) in [6.07, 6.45) is 5.65. The van der Waals surface area contributed by atoms with Crippen molar-refractivity contribution >= 4 is 5.69 Å². The molecule has 0 radical (unpaired) electrons. The van der Waals surface area contributed by atoms with Crippen LogP contribution in [0.4, 0.5) is 5.69 Å². The average molecular weight is 231 g/mol. The van der Waals surface area contributed by atoms with E-state index in [1.54, 1.807) is 18.3 Å². The summed E-state index contributed by atoms with van der Waals surface area (Å²) in [7, 11) is 0. The molecule has 0 fully saturated rings. The molecule has 0 saturated heterocycles. The second kappa shape index (κ2) is 5.39. The molecule has 0 saturated carbocycles. The number of nitrogens with zero attached hydrogens (tertiary/aromatic N) is 1. The second-order valence-electron chi connectivity index (χ2n) is 4.24. The van der Waals surface area contributed by atoms with Crippen LogP contribution in [0, 0.1) is 0 Å². The number of anilines is 1. The molecule has 90 valence electrons. The fourth-order valence-corrected chi connectivity index (χ4v) is 1.73. The van der Waals surface area contributed by atoms with Gasteiger partial charge >= 0.3 is 0 Å². The molecule has 2 aromatic rings. The maximum Gasteiger partial charge on any atom is 0.115 e. The Balaban J connectivity index is 1.79. The van der Waals surface area contributed by atoms with Crippen molar-refractivity contribution < 1.29 is 5.11 Å². The van der Waals surface area contributed by atoms with Crippen LogP contribution in [-0.4, -0.2) is 21.3 Å². The van der Waals surface area contributed by atoms with Crippen LogP contribution in [0.5, 0.6) is 5.75 Å². The Hall–Kier alpha value is -1.97. The van der Waals surface area contributed by atoms with E-state index >= 15 is 0 Å². The van der Waals surface area contributed by atoms with Crippen molar-refractivity contribution in [3.8, 4) is 5.75 Å². The third-order valence-corrected chi connectivity index (χ3v) is 2.71. The molecular formula is C13H17N3O. The summed E-state index contributed by atoms with van der Waals surface area (Å²) in [6.45, 7) is 2.15. The fraction of sp³-hybridized carbons (Fsp3) is 0.308. The van der Waals surface area contributed by atoms with Gasteiger partial charge in [-0.1, -0.05) is 12.1 Å². The SMILES string of the molecule is CC(CCc1ccc(O)cc1)Nc1cn[nH]c1. The number of aryl methyl sites for hydroxylation is 1. The Morgan fingerprint density at radius 2 is 2.12 bits per heavy atom. The van der Waals surface area contributed by atoms with Crippen molar-refractivity contribution in [2.24, 2.45) is 0 Å². The first-order valence-electron chi connectivity index (χ1n) is 5.77. The van der Waals surface area contributed by atoms with E-state index in [9.17, 15) is 5.11 Å². The fourth-order valence-electron chi connectivity index (χ4n) is 1.73. The first kappa shape index (κ1) is 11.5. The quantitative estimate of drug-likeness (QED) is 0.741. The average Bonchev–Trinajstić information content (AvgIpc) is 2.81. The highest BCUT2D eigenvalue weighted by Gasteiger charge is 2.03. The Morgan fingerprint density at radius 1 is 1.35 bits per heavy atom. The lowest BCUT2D eigenvalue weighted by Gasteiger charge is -2.13. The Kier molecular flexibility index (Phi) is 3.65. The second-order valence-corrected chi connectivity index (χ2v) is 4.24. The minimum Gasteiger partial charge on any atom is -0.508 e. The lowest BCUT2D eigenvalue weighted by Crippen LogP contribution is -2.15. The van der Waals surface area contributed by atoms with E-state index in [0.29, 0.717) is 11.8 Å². The zero-order valence-corrected chi connectivity index (χ0v) is 9.85. The maximum absolute atomic E-state index is 9.18. The highest BCUT2D eigenvalue weighted by Crippen LogP contribution is 2.13. The predicted molar refractivity (Wildman–Crippen MR) is 68.1 cm³/mol. The molecule has 0 spiro atoms. The molecule has 0 aliphatic rings. The zero-order chi connectivity index (χ0) is 12.1. The monoisotopic (exact) mass is 231 g/mol. The van der Waals surface area contributed by atoms with Gasteiger partial charge in [0.15, 0.2) is 0 Å². The van der Waals surface area contributed by atoms with Crippen LogP contribution in [0.15, 0.2) is 36.7 Å². The minimum atomic E-state index is 0.318. The number of aromatic amines is 1. The van der Waals surface area contributed by atoms with Crippen molar-refractivity contribution in [2.75, 3.05) is 5.32 Å². The van der Waals surface area contributed by atoms with Crippen LogP contribution < -0.4 is 5.32 Å². The summed E-state index contributed by atoms with van der Waals surface area (Å²) in [4.78, 5) is 0. The molecular weight excluding hydrogens is 214 g/mol. The summed E-state index contributed by atoms with van der Waals surface area (Å²) in [6, 6.07) is 7.76. The first-order chi connectivity index (χ1) is 8.24. The summed E-state index contributed by atoms with van der Waals surface area (Å²) in [5.74, 6) is 0.318. The number of benzene rings is 1. The first-order valence-corrected chi connectivity index (χ1v) is 5.77. The smallest absolute Gasteiger partial charge is 0.115 e. The van der Waals surface area contributed by atoms with E-state index in [1.165, 1.54) is 5.56 Å². The van der Waals surface area contributed by atoms with Gasteiger partial charge in [-0.05, 0) is 37.5 Å². The molecule has 3 N–H and O–H groups in total. The number of H-pyrrole nitrogens is 1. The van der Waals surface area contributed by atoms with E-state index in [0.717, 1.165) is 18.5 Å².